The molecule has 0 saturated carbocycles. The molecular weight excluding hydrogens is 400 g/mol. The molecule has 2 aliphatic rings. The SMILES string of the molecule is Oc1cccc([N+]2(c3ccc(OCCN4CCCC4)cc3)CCCc3cc(O)ccc32)c1. The second-order valence-electron chi connectivity index (χ2n) is 8.86. The maximum absolute atomic E-state index is 10.3. The Morgan fingerprint density at radius 1 is 0.812 bits per heavy atom. The minimum absolute atomic E-state index is 0.257. The zero-order chi connectivity index (χ0) is 22.0. The van der Waals surface area contributed by atoms with E-state index >= 15 is 0 Å². The number of ether oxygens (including phenoxy) is 1. The molecule has 2 heterocycles. The number of likely N-dealkylation sites (tertiary alicyclic amines) is 1. The van der Waals surface area contributed by atoms with Crippen LogP contribution in [-0.4, -0.2) is 47.9 Å². The number of nitrogens with zero attached hydrogens (tertiary/aromatic N) is 2. The van der Waals surface area contributed by atoms with Crippen LogP contribution in [0.3, 0.4) is 0 Å². The van der Waals surface area contributed by atoms with E-state index in [-0.39, 0.29) is 5.75 Å². The van der Waals surface area contributed by atoms with Gasteiger partial charge in [0.05, 0.1) is 6.54 Å². The molecule has 1 fully saturated rings. The van der Waals surface area contributed by atoms with Crippen molar-refractivity contribution in [2.24, 2.45) is 0 Å². The van der Waals surface area contributed by atoms with E-state index in [2.05, 4.69) is 35.2 Å². The molecule has 166 valence electrons. The Bertz CT molecular complexity index is 1080. The van der Waals surface area contributed by atoms with Gasteiger partial charge in [0.1, 0.15) is 40.9 Å². The first kappa shape index (κ1) is 20.9. The van der Waals surface area contributed by atoms with Crippen LogP contribution in [0.5, 0.6) is 17.2 Å². The molecule has 2 N–H and O–H groups in total. The lowest BCUT2D eigenvalue weighted by Gasteiger charge is -2.41. The van der Waals surface area contributed by atoms with Gasteiger partial charge in [0, 0.05) is 48.9 Å². The third kappa shape index (κ3) is 3.94. The predicted octanol–water partition coefficient (Wildman–Crippen LogP) is 5.49. The van der Waals surface area contributed by atoms with Gasteiger partial charge in [-0.25, -0.2) is 4.48 Å². The van der Waals surface area contributed by atoms with Gasteiger partial charge >= 0.3 is 0 Å². The van der Waals surface area contributed by atoms with Crippen LogP contribution in [0.1, 0.15) is 24.8 Å². The molecule has 1 saturated heterocycles. The second kappa shape index (κ2) is 8.85. The highest BCUT2D eigenvalue weighted by molar-refractivity contribution is 5.75. The fraction of sp³-hybridized carbons (Fsp3) is 0.333. The van der Waals surface area contributed by atoms with Crippen molar-refractivity contribution in [1.29, 1.82) is 0 Å². The summed E-state index contributed by atoms with van der Waals surface area (Å²) in [4.78, 5) is 2.45. The highest BCUT2D eigenvalue weighted by atomic mass is 16.5. The number of fused-ring (bicyclic) bond motifs is 1. The van der Waals surface area contributed by atoms with E-state index in [1.165, 1.54) is 25.9 Å². The van der Waals surface area contributed by atoms with Crippen LogP contribution in [-0.2, 0) is 6.42 Å². The Kier molecular flexibility index (Phi) is 5.77. The monoisotopic (exact) mass is 431 g/mol. The third-order valence-electron chi connectivity index (χ3n) is 6.84. The summed E-state index contributed by atoms with van der Waals surface area (Å²) in [6.45, 7) is 4.93. The molecule has 0 amide bonds. The molecule has 5 nitrogen and oxygen atoms in total. The molecule has 0 bridgehead atoms. The molecule has 5 heteroatoms. The average Bonchev–Trinajstić information content (AvgIpc) is 3.32. The van der Waals surface area contributed by atoms with Crippen molar-refractivity contribution in [2.75, 3.05) is 32.8 Å². The fourth-order valence-corrected chi connectivity index (χ4v) is 5.28. The highest BCUT2D eigenvalue weighted by Gasteiger charge is 2.40. The lowest BCUT2D eigenvalue weighted by Crippen LogP contribution is -2.43. The first-order valence-electron chi connectivity index (χ1n) is 11.6. The Hall–Kier alpha value is -3.02. The maximum atomic E-state index is 10.3. The molecule has 3 aromatic rings. The molecule has 5 rings (SSSR count). The lowest BCUT2D eigenvalue weighted by atomic mass is 9.95. The van der Waals surface area contributed by atoms with Crippen molar-refractivity contribution in [3.63, 3.8) is 0 Å². The Morgan fingerprint density at radius 3 is 2.38 bits per heavy atom. The van der Waals surface area contributed by atoms with Crippen LogP contribution in [0.25, 0.3) is 0 Å². The molecular formula is C27H31N2O3+. The fourth-order valence-electron chi connectivity index (χ4n) is 5.28. The van der Waals surface area contributed by atoms with Crippen LogP contribution < -0.4 is 9.22 Å². The van der Waals surface area contributed by atoms with Gasteiger partial charge in [-0.05, 0) is 62.7 Å². The van der Waals surface area contributed by atoms with E-state index in [0.29, 0.717) is 16.8 Å². The summed E-state index contributed by atoms with van der Waals surface area (Å²) in [7, 11) is 0. The van der Waals surface area contributed by atoms with Gasteiger partial charge < -0.3 is 14.9 Å². The standard InChI is InChI=1S/C27H30N2O3/c30-24-7-3-6-23(20-24)29(17-4-5-21-19-25(31)10-13-27(21)29)22-8-11-26(12-9-22)32-18-16-28-14-1-2-15-28/h3,6-13,19-20H,1-2,4-5,14-18H2,(H-,30,31)/p+1. The van der Waals surface area contributed by atoms with E-state index in [1.807, 2.05) is 24.3 Å². The summed E-state index contributed by atoms with van der Waals surface area (Å²) in [5.41, 5.74) is 4.42. The zero-order valence-corrected chi connectivity index (χ0v) is 18.4. The van der Waals surface area contributed by atoms with Crippen LogP contribution in [0, 0.1) is 0 Å². The molecule has 0 aromatic heterocycles. The van der Waals surface area contributed by atoms with Gasteiger partial charge in [-0.1, -0.05) is 6.07 Å². The van der Waals surface area contributed by atoms with Crippen LogP contribution >= 0.6 is 0 Å². The Labute approximate surface area is 189 Å². The molecule has 0 aliphatic carbocycles. The number of hydrogen-bond acceptors (Lipinski definition) is 4. The molecule has 1 unspecified atom stereocenters. The van der Waals surface area contributed by atoms with E-state index in [1.54, 1.807) is 12.1 Å². The molecule has 2 aliphatic heterocycles. The topological polar surface area (TPSA) is 52.9 Å². The highest BCUT2D eigenvalue weighted by Crippen LogP contribution is 2.49. The van der Waals surface area contributed by atoms with Gasteiger partial charge in [-0.15, -0.1) is 0 Å². The number of aryl methyl sites for hydroxylation is 1. The zero-order valence-electron chi connectivity index (χ0n) is 18.4. The van der Waals surface area contributed by atoms with E-state index in [9.17, 15) is 10.2 Å². The maximum Gasteiger partial charge on any atom is 0.146 e. The minimum Gasteiger partial charge on any atom is -0.508 e. The van der Waals surface area contributed by atoms with Crippen molar-refractivity contribution < 1.29 is 14.9 Å². The summed E-state index contributed by atoms with van der Waals surface area (Å²) in [6.07, 6.45) is 4.51. The summed E-state index contributed by atoms with van der Waals surface area (Å²) in [6, 6.07) is 21.6. The predicted molar refractivity (Wildman–Crippen MR) is 128 cm³/mol. The summed E-state index contributed by atoms with van der Waals surface area (Å²) in [5.74, 6) is 1.43. The number of phenols is 2. The molecule has 3 aromatic carbocycles. The van der Waals surface area contributed by atoms with Crippen molar-refractivity contribution in [3.05, 3.63) is 72.3 Å². The van der Waals surface area contributed by atoms with Gasteiger partial charge in [-0.2, -0.15) is 0 Å². The van der Waals surface area contributed by atoms with Crippen molar-refractivity contribution in [1.82, 2.24) is 9.38 Å². The number of phenolic OH excluding ortho intramolecular Hbond substituents is 2. The van der Waals surface area contributed by atoms with Gasteiger partial charge in [0.2, 0.25) is 0 Å². The van der Waals surface area contributed by atoms with Crippen LogP contribution in [0.2, 0.25) is 0 Å². The van der Waals surface area contributed by atoms with Gasteiger partial charge in [0.25, 0.3) is 0 Å². The van der Waals surface area contributed by atoms with E-state index in [0.717, 1.165) is 54.3 Å². The quantitative estimate of drug-likeness (QED) is 0.507. The van der Waals surface area contributed by atoms with Gasteiger partial charge in [0.15, 0.2) is 0 Å². The van der Waals surface area contributed by atoms with Crippen molar-refractivity contribution in [2.45, 2.75) is 25.7 Å². The first-order chi connectivity index (χ1) is 15.6. The van der Waals surface area contributed by atoms with Gasteiger partial charge in [-0.3, -0.25) is 4.90 Å². The minimum atomic E-state index is 0.257. The van der Waals surface area contributed by atoms with Crippen LogP contribution in [0.4, 0.5) is 17.1 Å². The smallest absolute Gasteiger partial charge is 0.146 e. The third-order valence-corrected chi connectivity index (χ3v) is 6.84. The Balaban J connectivity index is 1.48. The molecule has 0 radical (unpaired) electrons. The van der Waals surface area contributed by atoms with Crippen molar-refractivity contribution >= 4 is 17.1 Å². The summed E-state index contributed by atoms with van der Waals surface area (Å²) >= 11 is 0. The molecule has 32 heavy (non-hydrogen) atoms. The number of quaternary nitrogens is 1. The molecule has 0 spiro atoms. The molecule has 1 atom stereocenters. The van der Waals surface area contributed by atoms with Crippen LogP contribution in [0.15, 0.2) is 66.7 Å². The van der Waals surface area contributed by atoms with Crippen molar-refractivity contribution in [3.8, 4) is 17.2 Å². The second-order valence-corrected chi connectivity index (χ2v) is 8.86. The summed E-state index contributed by atoms with van der Waals surface area (Å²) in [5, 5.41) is 20.3. The average molecular weight is 432 g/mol. The first-order valence-corrected chi connectivity index (χ1v) is 11.6. The number of aromatic hydroxyl groups is 2. The number of hydrogen-bond donors (Lipinski definition) is 2. The number of rotatable bonds is 6. The largest absolute Gasteiger partial charge is 0.508 e. The lowest BCUT2D eigenvalue weighted by molar-refractivity contribution is 0.237. The van der Waals surface area contributed by atoms with E-state index < -0.39 is 0 Å². The Morgan fingerprint density at radius 2 is 1.59 bits per heavy atom. The normalized spacial score (nSPS) is 20.8. The number of benzene rings is 3. The van der Waals surface area contributed by atoms with E-state index in [4.69, 9.17) is 4.74 Å². The summed E-state index contributed by atoms with van der Waals surface area (Å²) < 4.78 is 6.54.